The largest absolute Gasteiger partial charge is 0.449 e. The van der Waals surface area contributed by atoms with Gasteiger partial charge in [-0.05, 0) is 51.3 Å². The van der Waals surface area contributed by atoms with Crippen LogP contribution in [0.1, 0.15) is 45.2 Å². The molecule has 1 aliphatic rings. The predicted octanol–water partition coefficient (Wildman–Crippen LogP) is 3.95. The van der Waals surface area contributed by atoms with Crippen LogP contribution in [0.2, 0.25) is 0 Å². The molecule has 1 aromatic rings. The molecule has 28 heavy (non-hydrogen) atoms. The number of fused-ring (bicyclic) bond motifs is 1. The van der Waals surface area contributed by atoms with Crippen LogP contribution in [0.15, 0.2) is 42.0 Å². The first-order valence-electron chi connectivity index (χ1n) is 9.15. The van der Waals surface area contributed by atoms with Gasteiger partial charge in [0.1, 0.15) is 0 Å². The van der Waals surface area contributed by atoms with Gasteiger partial charge < -0.3 is 9.47 Å². The van der Waals surface area contributed by atoms with E-state index in [1.165, 1.54) is 0 Å². The number of ketones is 1. The van der Waals surface area contributed by atoms with Crippen LogP contribution in [0.5, 0.6) is 0 Å². The number of hydrogen-bond acceptors (Lipinski definition) is 5. The van der Waals surface area contributed by atoms with Crippen LogP contribution in [0.25, 0.3) is 6.08 Å². The second kappa shape index (κ2) is 8.73. The summed E-state index contributed by atoms with van der Waals surface area (Å²) in [6.07, 6.45) is 0.455. The summed E-state index contributed by atoms with van der Waals surface area (Å²) >= 11 is 0. The molecule has 7 nitrogen and oxygen atoms in total. The maximum Gasteiger partial charge on any atom is 0.430 e. The summed E-state index contributed by atoms with van der Waals surface area (Å²) < 4.78 is 10.0. The van der Waals surface area contributed by atoms with Crippen molar-refractivity contribution in [1.29, 1.82) is 0 Å². The number of rotatable bonds is 5. The first kappa shape index (κ1) is 21.2. The predicted molar refractivity (Wildman–Crippen MR) is 105 cm³/mol. The van der Waals surface area contributed by atoms with Gasteiger partial charge >= 0.3 is 12.2 Å². The Labute approximate surface area is 165 Å². The summed E-state index contributed by atoms with van der Waals surface area (Å²) in [4.78, 5) is 38.3. The van der Waals surface area contributed by atoms with E-state index < -0.39 is 17.7 Å². The molecule has 0 spiro atoms. The van der Waals surface area contributed by atoms with Gasteiger partial charge in [0.25, 0.3) is 0 Å². The van der Waals surface area contributed by atoms with Gasteiger partial charge in [0, 0.05) is 5.57 Å². The molecule has 2 rings (SSSR count). The topological polar surface area (TPSA) is 84.9 Å². The van der Waals surface area contributed by atoms with E-state index in [2.05, 4.69) is 12.0 Å². The van der Waals surface area contributed by atoms with Crippen LogP contribution in [0, 0.1) is 0 Å². The van der Waals surface area contributed by atoms with Gasteiger partial charge in [-0.25, -0.2) is 15.0 Å². The summed E-state index contributed by atoms with van der Waals surface area (Å²) in [6.45, 7) is 10.8. The number of nitrogens with one attached hydrogen (secondary N) is 1. The summed E-state index contributed by atoms with van der Waals surface area (Å²) in [7, 11) is 0. The molecule has 0 fully saturated rings. The number of nitrogens with zero attached hydrogens (tertiary/aromatic N) is 1. The number of Topliss-reactive ketones (excluding diaryl/α,β-unsaturated/α-hetero) is 1. The molecule has 0 saturated heterocycles. The number of carbonyl (C=O) groups excluding carboxylic acids is 3. The van der Waals surface area contributed by atoms with Gasteiger partial charge in [-0.15, -0.1) is 0 Å². The van der Waals surface area contributed by atoms with E-state index in [4.69, 9.17) is 9.47 Å². The molecule has 0 aliphatic heterocycles. The van der Waals surface area contributed by atoms with Crippen molar-refractivity contribution in [2.75, 3.05) is 13.2 Å². The maximum absolute atomic E-state index is 13.5. The van der Waals surface area contributed by atoms with Crippen molar-refractivity contribution in [2.24, 2.45) is 0 Å². The molecule has 0 radical (unpaired) electrons. The Kier molecular flexibility index (Phi) is 6.62. The number of ether oxygens (including phenoxy) is 2. The number of amides is 2. The first-order valence-corrected chi connectivity index (χ1v) is 9.15. The lowest BCUT2D eigenvalue weighted by atomic mass is 9.75. The third-order valence-electron chi connectivity index (χ3n) is 4.42. The highest BCUT2D eigenvalue weighted by Crippen LogP contribution is 2.40. The van der Waals surface area contributed by atoms with Crippen molar-refractivity contribution in [3.63, 3.8) is 0 Å². The minimum absolute atomic E-state index is 0.0835. The Morgan fingerprint density at radius 1 is 1.18 bits per heavy atom. The SMILES string of the molecule is C=C(C)CC1=Cc2ccccc2C(C)(N(NC(=O)OCC)C(=O)OCC)C1=O. The van der Waals surface area contributed by atoms with Crippen LogP contribution in [-0.2, 0) is 19.8 Å². The Hall–Kier alpha value is -3.09. The van der Waals surface area contributed by atoms with Crippen molar-refractivity contribution < 1.29 is 23.9 Å². The van der Waals surface area contributed by atoms with E-state index in [9.17, 15) is 14.4 Å². The van der Waals surface area contributed by atoms with Crippen molar-refractivity contribution in [1.82, 2.24) is 10.4 Å². The zero-order chi connectivity index (χ0) is 20.9. The standard InChI is InChI=1S/C21H26N2O5/c1-6-27-19(25)22-23(20(26)28-7-2)21(5)17-11-9-8-10-15(17)13-16(18(21)24)12-14(3)4/h8-11,13H,3,6-7,12H2,1-2,4-5H3,(H,22,25). The van der Waals surface area contributed by atoms with Gasteiger partial charge in [0.05, 0.1) is 13.2 Å². The fourth-order valence-corrected chi connectivity index (χ4v) is 3.22. The van der Waals surface area contributed by atoms with Gasteiger partial charge in [-0.3, -0.25) is 4.79 Å². The number of hydrazine groups is 1. The summed E-state index contributed by atoms with van der Waals surface area (Å²) in [5.74, 6) is -0.320. The Bertz CT molecular complexity index is 830. The summed E-state index contributed by atoms with van der Waals surface area (Å²) in [6, 6.07) is 7.22. The molecule has 0 saturated carbocycles. The normalized spacial score (nSPS) is 17.9. The molecule has 1 atom stereocenters. The van der Waals surface area contributed by atoms with E-state index in [-0.39, 0.29) is 19.0 Å². The third-order valence-corrected chi connectivity index (χ3v) is 4.42. The number of allylic oxidation sites excluding steroid dienone is 1. The van der Waals surface area contributed by atoms with E-state index in [1.54, 1.807) is 39.0 Å². The molecule has 150 valence electrons. The average Bonchev–Trinajstić information content (AvgIpc) is 2.64. The highest BCUT2D eigenvalue weighted by atomic mass is 16.6. The van der Waals surface area contributed by atoms with Gasteiger partial charge in [0.15, 0.2) is 11.3 Å². The van der Waals surface area contributed by atoms with Gasteiger partial charge in [0.2, 0.25) is 0 Å². The van der Waals surface area contributed by atoms with Crippen molar-refractivity contribution in [2.45, 2.75) is 39.7 Å². The van der Waals surface area contributed by atoms with Crippen molar-refractivity contribution >= 4 is 24.0 Å². The molecule has 2 amide bonds. The quantitative estimate of drug-likeness (QED) is 0.612. The monoisotopic (exact) mass is 386 g/mol. The molecule has 1 aromatic carbocycles. The Balaban J connectivity index is 2.62. The highest BCUT2D eigenvalue weighted by Gasteiger charge is 2.49. The van der Waals surface area contributed by atoms with Crippen LogP contribution in [0.4, 0.5) is 9.59 Å². The van der Waals surface area contributed by atoms with Crippen molar-refractivity contribution in [3.8, 4) is 0 Å². The molecule has 0 bridgehead atoms. The van der Waals surface area contributed by atoms with Crippen LogP contribution in [-0.4, -0.2) is 36.2 Å². The molecule has 0 aromatic heterocycles. The number of hydrogen-bond donors (Lipinski definition) is 1. The molecule has 0 heterocycles. The molecule has 1 unspecified atom stereocenters. The zero-order valence-corrected chi connectivity index (χ0v) is 16.7. The third kappa shape index (κ3) is 4.08. The van der Waals surface area contributed by atoms with Crippen LogP contribution in [0.3, 0.4) is 0 Å². The number of carbonyl (C=O) groups is 3. The van der Waals surface area contributed by atoms with E-state index in [0.717, 1.165) is 16.1 Å². The van der Waals surface area contributed by atoms with E-state index in [1.807, 2.05) is 19.1 Å². The lowest BCUT2D eigenvalue weighted by molar-refractivity contribution is -0.128. The molecule has 1 aliphatic carbocycles. The van der Waals surface area contributed by atoms with E-state index in [0.29, 0.717) is 17.6 Å². The lowest BCUT2D eigenvalue weighted by Gasteiger charge is -2.41. The average molecular weight is 386 g/mol. The number of benzene rings is 1. The molecule has 7 heteroatoms. The van der Waals surface area contributed by atoms with Crippen LogP contribution >= 0.6 is 0 Å². The van der Waals surface area contributed by atoms with Crippen LogP contribution < -0.4 is 5.43 Å². The second-order valence-corrected chi connectivity index (χ2v) is 6.66. The fraction of sp³-hybridized carbons (Fsp3) is 0.381. The summed E-state index contributed by atoms with van der Waals surface area (Å²) in [5.41, 5.74) is 3.54. The zero-order valence-electron chi connectivity index (χ0n) is 16.7. The Morgan fingerprint density at radius 3 is 2.43 bits per heavy atom. The first-order chi connectivity index (χ1) is 13.2. The minimum atomic E-state index is -1.50. The molecule has 1 N–H and O–H groups in total. The smallest absolute Gasteiger partial charge is 0.430 e. The Morgan fingerprint density at radius 2 is 1.82 bits per heavy atom. The second-order valence-electron chi connectivity index (χ2n) is 6.66. The lowest BCUT2D eigenvalue weighted by Crippen LogP contribution is -2.61. The molecular weight excluding hydrogens is 360 g/mol. The maximum atomic E-state index is 13.5. The van der Waals surface area contributed by atoms with Crippen molar-refractivity contribution in [3.05, 3.63) is 53.1 Å². The highest BCUT2D eigenvalue weighted by molar-refractivity contribution is 6.10. The van der Waals surface area contributed by atoms with Gasteiger partial charge in [-0.1, -0.05) is 36.4 Å². The fourth-order valence-electron chi connectivity index (χ4n) is 3.22. The van der Waals surface area contributed by atoms with E-state index >= 15 is 0 Å². The summed E-state index contributed by atoms with van der Waals surface area (Å²) in [5, 5.41) is 0.918. The van der Waals surface area contributed by atoms with Gasteiger partial charge in [-0.2, -0.15) is 5.01 Å². The molecular formula is C21H26N2O5. The minimum Gasteiger partial charge on any atom is -0.449 e.